The van der Waals surface area contributed by atoms with Crippen LogP contribution < -0.4 is 25.3 Å². The molecule has 2 bridgehead atoms. The summed E-state index contributed by atoms with van der Waals surface area (Å²) in [4.78, 5) is 32.5. The van der Waals surface area contributed by atoms with Crippen LogP contribution in [0.2, 0.25) is 5.02 Å². The predicted octanol–water partition coefficient (Wildman–Crippen LogP) is 5.33. The van der Waals surface area contributed by atoms with Crippen LogP contribution >= 0.6 is 11.6 Å². The average Bonchev–Trinajstić information content (AvgIpc) is 3.84. The summed E-state index contributed by atoms with van der Waals surface area (Å²) in [6.07, 6.45) is 7.25. The highest BCUT2D eigenvalue weighted by Crippen LogP contribution is 2.41. The second kappa shape index (κ2) is 12.8. The van der Waals surface area contributed by atoms with Crippen molar-refractivity contribution >= 4 is 46.2 Å². The summed E-state index contributed by atoms with van der Waals surface area (Å²) in [6.45, 7) is 7.88. The number of rotatable bonds is 9. The summed E-state index contributed by atoms with van der Waals surface area (Å²) in [6, 6.07) is 14.6. The smallest absolute Gasteiger partial charge is 0.247 e. The number of halogens is 1. The van der Waals surface area contributed by atoms with Gasteiger partial charge in [-0.15, -0.1) is 0 Å². The lowest BCUT2D eigenvalue weighted by Gasteiger charge is -2.41. The van der Waals surface area contributed by atoms with Crippen LogP contribution in [0.15, 0.2) is 61.4 Å². The maximum Gasteiger partial charge on any atom is 0.247 e. The standard InChI is InChI=1S/C33H38ClN7O4/c1-3-33(42)38-26-15-27(30(43-2)16-29(26)39-10-7-23(8-11-39)40-18-25-14-24(40)19-44-25)37-31-17-32(36-20-35-31)41-28(9-12-45-41)21-5-4-6-22(34)13-21/h3-6,13,15-17,20,23-25,28H,1,7-12,14,18-19H2,2H3,(H,38,42)(H,35,36,37)/t24-,25-,28+/m0/s1. The first-order valence-electron chi connectivity index (χ1n) is 15.5. The Bertz CT molecular complexity index is 1570. The number of benzene rings is 2. The van der Waals surface area contributed by atoms with Crippen LogP contribution in [0.1, 0.15) is 37.3 Å². The number of carbonyl (C=O) groups excluding carboxylic acids is 1. The number of hydrogen-bond acceptors (Lipinski definition) is 10. The van der Waals surface area contributed by atoms with Crippen LogP contribution in [0, 0.1) is 0 Å². The molecule has 0 saturated carbocycles. The minimum Gasteiger partial charge on any atom is -0.494 e. The van der Waals surface area contributed by atoms with Crippen LogP contribution in [-0.2, 0) is 14.4 Å². The number of ether oxygens (including phenoxy) is 2. The molecule has 2 N–H and O–H groups in total. The molecule has 0 unspecified atom stereocenters. The number of fused-ring (bicyclic) bond motifs is 2. The minimum absolute atomic E-state index is 0.0286. The number of morpholine rings is 1. The quantitative estimate of drug-likeness (QED) is 0.301. The first kappa shape index (κ1) is 29.8. The highest BCUT2D eigenvalue weighted by molar-refractivity contribution is 6.30. The molecule has 45 heavy (non-hydrogen) atoms. The molecule has 1 amide bonds. The van der Waals surface area contributed by atoms with Gasteiger partial charge in [0.15, 0.2) is 5.82 Å². The Balaban J connectivity index is 1.12. The molecule has 11 nitrogen and oxygen atoms in total. The second-order valence-electron chi connectivity index (χ2n) is 11.9. The van der Waals surface area contributed by atoms with Crippen LogP contribution in [0.5, 0.6) is 5.75 Å². The van der Waals surface area contributed by atoms with E-state index in [-0.39, 0.29) is 11.9 Å². The van der Waals surface area contributed by atoms with Gasteiger partial charge in [-0.1, -0.05) is 30.3 Å². The summed E-state index contributed by atoms with van der Waals surface area (Å²) in [5.41, 5.74) is 3.30. The first-order valence-corrected chi connectivity index (χ1v) is 15.9. The van der Waals surface area contributed by atoms with Gasteiger partial charge in [0.1, 0.15) is 17.9 Å². The number of nitrogens with one attached hydrogen (secondary N) is 2. The number of carbonyl (C=O) groups is 1. The number of hydrogen-bond donors (Lipinski definition) is 2. The molecule has 4 aliphatic heterocycles. The maximum absolute atomic E-state index is 12.5. The largest absolute Gasteiger partial charge is 0.494 e. The summed E-state index contributed by atoms with van der Waals surface area (Å²) in [5.74, 6) is 1.52. The molecule has 236 valence electrons. The van der Waals surface area contributed by atoms with Gasteiger partial charge >= 0.3 is 0 Å². The van der Waals surface area contributed by atoms with Crippen molar-refractivity contribution in [1.29, 1.82) is 0 Å². The van der Waals surface area contributed by atoms with Crippen LogP contribution in [-0.4, -0.2) is 78.9 Å². The Morgan fingerprint density at radius 1 is 1.11 bits per heavy atom. The summed E-state index contributed by atoms with van der Waals surface area (Å²) >= 11 is 6.27. The monoisotopic (exact) mass is 631 g/mol. The molecule has 4 saturated heterocycles. The van der Waals surface area contributed by atoms with Gasteiger partial charge in [0.05, 0.1) is 49.5 Å². The van der Waals surface area contributed by atoms with Gasteiger partial charge in [0.2, 0.25) is 5.91 Å². The maximum atomic E-state index is 12.5. The normalized spacial score (nSPS) is 23.4. The zero-order valence-electron chi connectivity index (χ0n) is 25.3. The van der Waals surface area contributed by atoms with Crippen molar-refractivity contribution in [3.63, 3.8) is 0 Å². The van der Waals surface area contributed by atoms with Gasteiger partial charge in [0, 0.05) is 55.3 Å². The Kier molecular flexibility index (Phi) is 8.50. The van der Waals surface area contributed by atoms with E-state index in [1.807, 2.05) is 42.5 Å². The van der Waals surface area contributed by atoms with E-state index in [4.69, 9.17) is 25.9 Å². The van der Waals surface area contributed by atoms with Gasteiger partial charge < -0.3 is 25.0 Å². The molecule has 3 atom stereocenters. The predicted molar refractivity (Wildman–Crippen MR) is 174 cm³/mol. The van der Waals surface area contributed by atoms with Crippen LogP contribution in [0.25, 0.3) is 0 Å². The number of piperidine rings is 1. The number of likely N-dealkylation sites (tertiary alicyclic amines) is 1. The summed E-state index contributed by atoms with van der Waals surface area (Å²) < 4.78 is 11.7. The number of amides is 1. The first-order chi connectivity index (χ1) is 22.0. The van der Waals surface area contributed by atoms with Crippen molar-refractivity contribution in [2.45, 2.75) is 49.9 Å². The van der Waals surface area contributed by atoms with Gasteiger partial charge in [-0.25, -0.2) is 15.0 Å². The third-order valence-corrected chi connectivity index (χ3v) is 9.49. The highest BCUT2D eigenvalue weighted by Gasteiger charge is 2.42. The SMILES string of the molecule is C=CC(=O)Nc1cc(Nc2cc(N3OCC[C@@H]3c3cccc(Cl)c3)ncn2)c(OC)cc1N1CCC(N2C[C@@H]3C[C@H]2CO3)CC1. The third-order valence-electron chi connectivity index (χ3n) is 9.26. The number of nitrogens with zero attached hydrogens (tertiary/aromatic N) is 5. The average molecular weight is 632 g/mol. The fourth-order valence-corrected chi connectivity index (χ4v) is 7.28. The Labute approximate surface area is 268 Å². The van der Waals surface area contributed by atoms with Crippen molar-refractivity contribution in [3.8, 4) is 5.75 Å². The van der Waals surface area contributed by atoms with E-state index in [1.54, 1.807) is 12.2 Å². The Morgan fingerprint density at radius 3 is 2.71 bits per heavy atom. The summed E-state index contributed by atoms with van der Waals surface area (Å²) in [5, 5.41) is 8.88. The number of anilines is 5. The van der Waals surface area contributed by atoms with Crippen molar-refractivity contribution in [1.82, 2.24) is 14.9 Å². The van der Waals surface area contributed by atoms with Crippen molar-refractivity contribution in [3.05, 3.63) is 72.0 Å². The van der Waals surface area contributed by atoms with E-state index in [0.717, 1.165) is 63.2 Å². The minimum atomic E-state index is -0.280. The highest BCUT2D eigenvalue weighted by atomic mass is 35.5. The molecule has 2 aromatic carbocycles. The van der Waals surface area contributed by atoms with E-state index in [9.17, 15) is 4.79 Å². The molecule has 4 fully saturated rings. The fourth-order valence-electron chi connectivity index (χ4n) is 7.08. The molecular weight excluding hydrogens is 594 g/mol. The molecular formula is C33H38ClN7O4. The van der Waals surface area contributed by atoms with E-state index in [0.29, 0.717) is 58.6 Å². The van der Waals surface area contributed by atoms with Crippen molar-refractivity contribution < 1.29 is 19.1 Å². The molecule has 0 radical (unpaired) electrons. The summed E-state index contributed by atoms with van der Waals surface area (Å²) in [7, 11) is 1.64. The number of hydroxylamine groups is 1. The molecule has 3 aromatic rings. The van der Waals surface area contributed by atoms with Gasteiger partial charge in [0.25, 0.3) is 0 Å². The Morgan fingerprint density at radius 2 is 1.98 bits per heavy atom. The van der Waals surface area contributed by atoms with E-state index in [1.165, 1.54) is 12.4 Å². The zero-order chi connectivity index (χ0) is 30.9. The van der Waals surface area contributed by atoms with Crippen LogP contribution in [0.3, 0.4) is 0 Å². The van der Waals surface area contributed by atoms with Crippen molar-refractivity contribution in [2.75, 3.05) is 60.6 Å². The number of methoxy groups -OCH3 is 1. The lowest BCUT2D eigenvalue weighted by molar-refractivity contribution is -0.111. The lowest BCUT2D eigenvalue weighted by Crippen LogP contribution is -2.49. The van der Waals surface area contributed by atoms with Gasteiger partial charge in [-0.05, 0) is 49.1 Å². The topological polar surface area (TPSA) is 104 Å². The molecule has 7 rings (SSSR count). The Hall–Kier alpha value is -3.90. The molecule has 0 aliphatic carbocycles. The lowest BCUT2D eigenvalue weighted by atomic mass is 10.0. The van der Waals surface area contributed by atoms with E-state index >= 15 is 0 Å². The zero-order valence-corrected chi connectivity index (χ0v) is 26.1. The number of aromatic nitrogens is 2. The van der Waals surface area contributed by atoms with E-state index in [2.05, 4.69) is 37.0 Å². The molecule has 5 heterocycles. The van der Waals surface area contributed by atoms with Gasteiger partial charge in [-0.3, -0.25) is 14.5 Å². The molecule has 12 heteroatoms. The molecule has 1 aromatic heterocycles. The fraction of sp³-hybridized carbons (Fsp3) is 0.424. The van der Waals surface area contributed by atoms with Crippen molar-refractivity contribution in [2.24, 2.45) is 0 Å². The van der Waals surface area contributed by atoms with Gasteiger partial charge in [-0.2, -0.15) is 0 Å². The molecule has 4 aliphatic rings. The molecule has 0 spiro atoms. The third kappa shape index (κ3) is 6.17. The van der Waals surface area contributed by atoms with Crippen LogP contribution in [0.4, 0.5) is 28.7 Å². The van der Waals surface area contributed by atoms with E-state index < -0.39 is 0 Å². The second-order valence-corrected chi connectivity index (χ2v) is 12.4.